The highest BCUT2D eigenvalue weighted by molar-refractivity contribution is 7.89. The van der Waals surface area contributed by atoms with Gasteiger partial charge in [-0.05, 0) is 44.1 Å². The Bertz CT molecular complexity index is 524. The summed E-state index contributed by atoms with van der Waals surface area (Å²) in [6.07, 6.45) is 0.843. The topological polar surface area (TPSA) is 49.4 Å². The van der Waals surface area contributed by atoms with E-state index in [9.17, 15) is 12.8 Å². The van der Waals surface area contributed by atoms with Crippen LogP contribution in [0.5, 0.6) is 0 Å². The van der Waals surface area contributed by atoms with Crippen LogP contribution < -0.4 is 5.32 Å². The third kappa shape index (κ3) is 3.66. The van der Waals surface area contributed by atoms with Crippen molar-refractivity contribution in [1.29, 1.82) is 0 Å². The zero-order chi connectivity index (χ0) is 13.2. The fourth-order valence-corrected chi connectivity index (χ4v) is 3.81. The largest absolute Gasteiger partial charge is 0.319 e. The molecule has 1 unspecified atom stereocenters. The van der Waals surface area contributed by atoms with Crippen molar-refractivity contribution < 1.29 is 12.8 Å². The Morgan fingerprint density at radius 1 is 1.47 bits per heavy atom. The highest BCUT2D eigenvalue weighted by atomic mass is 35.5. The second-order valence-electron chi connectivity index (χ2n) is 4.53. The Morgan fingerprint density at radius 2 is 2.21 bits per heavy atom. The number of rotatable bonds is 4. The molecule has 0 spiro atoms. The zero-order valence-electron chi connectivity index (χ0n) is 10.7. The second-order valence-corrected chi connectivity index (χ2v) is 6.47. The third-order valence-corrected chi connectivity index (χ3v) is 5.04. The maximum absolute atomic E-state index is 13.1. The lowest BCUT2D eigenvalue weighted by Crippen LogP contribution is -2.30. The molecule has 0 saturated carbocycles. The Labute approximate surface area is 119 Å². The SMILES string of the molecule is CNCC1CCN(S(=O)(=O)c2cccc(F)c2)C1.Cl. The van der Waals surface area contributed by atoms with Crippen LogP contribution in [0.25, 0.3) is 0 Å². The van der Waals surface area contributed by atoms with Crippen molar-refractivity contribution in [3.8, 4) is 0 Å². The van der Waals surface area contributed by atoms with Gasteiger partial charge in [0.1, 0.15) is 5.82 Å². The number of sulfonamides is 1. The summed E-state index contributed by atoms with van der Waals surface area (Å²) >= 11 is 0. The summed E-state index contributed by atoms with van der Waals surface area (Å²) in [6, 6.07) is 5.17. The van der Waals surface area contributed by atoms with E-state index in [0.717, 1.165) is 19.0 Å². The van der Waals surface area contributed by atoms with Gasteiger partial charge in [0.2, 0.25) is 10.0 Å². The van der Waals surface area contributed by atoms with Gasteiger partial charge >= 0.3 is 0 Å². The van der Waals surface area contributed by atoms with Gasteiger partial charge in [-0.3, -0.25) is 0 Å². The molecule has 108 valence electrons. The molecule has 0 radical (unpaired) electrons. The van der Waals surface area contributed by atoms with Crippen LogP contribution in [0.1, 0.15) is 6.42 Å². The van der Waals surface area contributed by atoms with Crippen molar-refractivity contribution in [2.45, 2.75) is 11.3 Å². The van der Waals surface area contributed by atoms with E-state index in [1.54, 1.807) is 0 Å². The first kappa shape index (κ1) is 16.4. The molecule has 7 heteroatoms. The average Bonchev–Trinajstić information content (AvgIpc) is 2.79. The van der Waals surface area contributed by atoms with Gasteiger partial charge in [-0.25, -0.2) is 12.8 Å². The van der Waals surface area contributed by atoms with Gasteiger partial charge in [-0.2, -0.15) is 4.31 Å². The van der Waals surface area contributed by atoms with Crippen LogP contribution in [-0.2, 0) is 10.0 Å². The van der Waals surface area contributed by atoms with Crippen molar-refractivity contribution >= 4 is 22.4 Å². The predicted octanol–water partition coefficient (Wildman–Crippen LogP) is 1.48. The smallest absolute Gasteiger partial charge is 0.243 e. The number of hydrogen-bond acceptors (Lipinski definition) is 3. The number of nitrogens with zero attached hydrogens (tertiary/aromatic N) is 1. The highest BCUT2D eigenvalue weighted by Gasteiger charge is 2.32. The Hall–Kier alpha value is -0.690. The minimum Gasteiger partial charge on any atom is -0.319 e. The van der Waals surface area contributed by atoms with Crippen molar-refractivity contribution in [3.05, 3.63) is 30.1 Å². The molecule has 4 nitrogen and oxygen atoms in total. The number of hydrogen-bond donors (Lipinski definition) is 1. The second kappa shape index (κ2) is 6.65. The molecule has 1 saturated heterocycles. The normalized spacial score (nSPS) is 20.2. The van der Waals surface area contributed by atoms with Crippen LogP contribution in [0.4, 0.5) is 4.39 Å². The molecule has 1 heterocycles. The van der Waals surface area contributed by atoms with E-state index in [4.69, 9.17) is 0 Å². The van der Waals surface area contributed by atoms with Crippen molar-refractivity contribution in [2.75, 3.05) is 26.7 Å². The number of nitrogens with one attached hydrogen (secondary N) is 1. The summed E-state index contributed by atoms with van der Waals surface area (Å²) in [6.45, 7) is 1.81. The van der Waals surface area contributed by atoms with Gasteiger partial charge in [0, 0.05) is 13.1 Å². The first-order chi connectivity index (χ1) is 8.54. The fraction of sp³-hybridized carbons (Fsp3) is 0.500. The molecule has 19 heavy (non-hydrogen) atoms. The summed E-state index contributed by atoms with van der Waals surface area (Å²) in [5, 5.41) is 3.05. The average molecular weight is 309 g/mol. The van der Waals surface area contributed by atoms with Crippen molar-refractivity contribution in [1.82, 2.24) is 9.62 Å². The summed E-state index contributed by atoms with van der Waals surface area (Å²) in [5.74, 6) is -0.194. The molecule has 1 aliphatic heterocycles. The molecule has 1 fully saturated rings. The van der Waals surface area contributed by atoms with E-state index >= 15 is 0 Å². The molecule has 1 aromatic rings. The summed E-state index contributed by atoms with van der Waals surface area (Å²) < 4.78 is 39.1. The number of benzene rings is 1. The van der Waals surface area contributed by atoms with E-state index in [1.807, 2.05) is 7.05 Å². The molecule has 1 aliphatic rings. The minimum absolute atomic E-state index is 0. The maximum Gasteiger partial charge on any atom is 0.243 e. The summed E-state index contributed by atoms with van der Waals surface area (Å²) in [7, 11) is -1.70. The number of halogens is 2. The summed E-state index contributed by atoms with van der Waals surface area (Å²) in [5.41, 5.74) is 0. The molecule has 0 amide bonds. The quantitative estimate of drug-likeness (QED) is 0.916. The summed E-state index contributed by atoms with van der Waals surface area (Å²) in [4.78, 5) is 0.0348. The van der Waals surface area contributed by atoms with Crippen molar-refractivity contribution in [3.63, 3.8) is 0 Å². The van der Waals surface area contributed by atoms with E-state index < -0.39 is 15.8 Å². The predicted molar refractivity (Wildman–Crippen MR) is 74.4 cm³/mol. The van der Waals surface area contributed by atoms with Crippen LogP contribution in [-0.4, -0.2) is 39.4 Å². The van der Waals surface area contributed by atoms with Crippen LogP contribution in [0.3, 0.4) is 0 Å². The molecule has 0 aliphatic carbocycles. The molecule has 1 aromatic carbocycles. The molecule has 1 atom stereocenters. The standard InChI is InChI=1S/C12H17FN2O2S.ClH/c1-14-8-10-5-6-15(9-10)18(16,17)12-4-2-3-11(13)7-12;/h2-4,7,10,14H,5-6,8-9H2,1H3;1H. The molecule has 1 N–H and O–H groups in total. The lowest BCUT2D eigenvalue weighted by atomic mass is 10.1. The first-order valence-electron chi connectivity index (χ1n) is 5.94. The van der Waals surface area contributed by atoms with E-state index in [2.05, 4.69) is 5.32 Å². The Balaban J connectivity index is 0.00000180. The monoisotopic (exact) mass is 308 g/mol. The van der Waals surface area contributed by atoms with Gasteiger partial charge in [0.05, 0.1) is 4.90 Å². The molecular formula is C12H18ClFN2O2S. The first-order valence-corrected chi connectivity index (χ1v) is 7.38. The zero-order valence-corrected chi connectivity index (χ0v) is 12.3. The third-order valence-electron chi connectivity index (χ3n) is 3.18. The van der Waals surface area contributed by atoms with Crippen LogP contribution in [0, 0.1) is 11.7 Å². The molecule has 2 rings (SSSR count). The van der Waals surface area contributed by atoms with E-state index in [0.29, 0.717) is 19.0 Å². The van der Waals surface area contributed by atoms with Gasteiger partial charge in [0.15, 0.2) is 0 Å². The Morgan fingerprint density at radius 3 is 2.84 bits per heavy atom. The van der Waals surface area contributed by atoms with Gasteiger partial charge in [-0.1, -0.05) is 6.07 Å². The minimum atomic E-state index is -3.55. The molecule has 0 aromatic heterocycles. The van der Waals surface area contributed by atoms with Crippen LogP contribution in [0.15, 0.2) is 29.2 Å². The van der Waals surface area contributed by atoms with Crippen molar-refractivity contribution in [2.24, 2.45) is 5.92 Å². The lowest BCUT2D eigenvalue weighted by Gasteiger charge is -2.16. The van der Waals surface area contributed by atoms with Gasteiger partial charge in [0.25, 0.3) is 0 Å². The highest BCUT2D eigenvalue weighted by Crippen LogP contribution is 2.24. The fourth-order valence-electron chi connectivity index (χ4n) is 2.25. The van der Waals surface area contributed by atoms with Crippen LogP contribution >= 0.6 is 12.4 Å². The molecular weight excluding hydrogens is 291 g/mol. The van der Waals surface area contributed by atoms with Crippen LogP contribution in [0.2, 0.25) is 0 Å². The van der Waals surface area contributed by atoms with E-state index in [1.165, 1.54) is 22.5 Å². The Kier molecular flexibility index (Phi) is 5.73. The van der Waals surface area contributed by atoms with Gasteiger partial charge in [-0.15, -0.1) is 12.4 Å². The molecule has 0 bridgehead atoms. The van der Waals surface area contributed by atoms with E-state index in [-0.39, 0.29) is 17.3 Å². The lowest BCUT2D eigenvalue weighted by molar-refractivity contribution is 0.450. The maximum atomic E-state index is 13.1. The van der Waals surface area contributed by atoms with Gasteiger partial charge < -0.3 is 5.32 Å².